The van der Waals surface area contributed by atoms with Gasteiger partial charge in [-0.3, -0.25) is 19.2 Å². The van der Waals surface area contributed by atoms with Gasteiger partial charge in [-0.2, -0.15) is 0 Å². The number of carbonyl (C=O) groups is 4. The molecule has 1 aliphatic heterocycles. The molecule has 0 bridgehead atoms. The Morgan fingerprint density at radius 3 is 1.89 bits per heavy atom. The van der Waals surface area contributed by atoms with Gasteiger partial charge >= 0.3 is 23.9 Å². The van der Waals surface area contributed by atoms with E-state index >= 15 is 0 Å². The molecule has 4 aliphatic rings. The third kappa shape index (κ3) is 4.43. The zero-order chi connectivity index (χ0) is 28.5. The number of ether oxygens (including phenoxy) is 5. The predicted octanol–water partition coefficient (Wildman–Crippen LogP) is 3.74. The van der Waals surface area contributed by atoms with Crippen molar-refractivity contribution in [2.75, 3.05) is 0 Å². The number of hydrogen-bond acceptors (Lipinski definition) is 9. The first-order valence-electron chi connectivity index (χ1n) is 13.2. The Balaban J connectivity index is 1.93. The van der Waals surface area contributed by atoms with Crippen molar-refractivity contribution in [2.45, 2.75) is 110 Å². The molecule has 9 nitrogen and oxygen atoms in total. The maximum absolute atomic E-state index is 12.3. The van der Waals surface area contributed by atoms with E-state index in [1.165, 1.54) is 27.7 Å². The second kappa shape index (κ2) is 9.51. The molecule has 0 amide bonds. The summed E-state index contributed by atoms with van der Waals surface area (Å²) in [6.07, 6.45) is -0.678. The molecular weight excluding hydrogens is 516 g/mol. The smallest absolute Gasteiger partial charge is 0.303 e. The van der Waals surface area contributed by atoms with Gasteiger partial charge in [0, 0.05) is 45.4 Å². The van der Waals surface area contributed by atoms with Crippen molar-refractivity contribution in [2.24, 2.45) is 29.1 Å². The van der Waals surface area contributed by atoms with Crippen LogP contribution in [-0.4, -0.2) is 64.9 Å². The first-order chi connectivity index (χ1) is 17.5. The minimum Gasteiger partial charge on any atom is -0.462 e. The minimum absolute atomic E-state index is 0.0816. The number of rotatable bonds is 4. The molecule has 11 unspecified atom stereocenters. The minimum atomic E-state index is -1.08. The van der Waals surface area contributed by atoms with Crippen LogP contribution in [0.25, 0.3) is 0 Å². The molecule has 0 radical (unpaired) electrons. The van der Waals surface area contributed by atoms with Gasteiger partial charge in [0.15, 0.2) is 11.7 Å². The summed E-state index contributed by atoms with van der Waals surface area (Å²) in [5.74, 6) is -2.93. The SMILES string of the molecule is CC(=O)OC1C(C)=CC23OC2(CC(C)C3OC(C)=O)C(Cl)C(C)C(OC(C)=O)C2C(C1OC(C)=O)C2(C)C. The number of hydrogen-bond donors (Lipinski definition) is 0. The molecule has 3 aliphatic carbocycles. The molecule has 0 spiro atoms. The highest BCUT2D eigenvalue weighted by molar-refractivity contribution is 6.22. The van der Waals surface area contributed by atoms with E-state index in [1.807, 2.05) is 33.8 Å². The van der Waals surface area contributed by atoms with Gasteiger partial charge in [-0.25, -0.2) is 0 Å². The molecule has 0 aromatic carbocycles. The third-order valence-electron chi connectivity index (χ3n) is 9.04. The van der Waals surface area contributed by atoms with Gasteiger partial charge in [0.25, 0.3) is 0 Å². The summed E-state index contributed by atoms with van der Waals surface area (Å²) in [6.45, 7) is 15.0. The molecule has 3 fully saturated rings. The second-order valence-corrected chi connectivity index (χ2v) is 12.7. The number of esters is 4. The van der Waals surface area contributed by atoms with Gasteiger partial charge in [-0.15, -0.1) is 11.6 Å². The van der Waals surface area contributed by atoms with Crippen molar-refractivity contribution in [3.05, 3.63) is 11.6 Å². The Labute approximate surface area is 228 Å². The summed E-state index contributed by atoms with van der Waals surface area (Å²) in [7, 11) is 0. The van der Waals surface area contributed by atoms with Crippen molar-refractivity contribution in [1.82, 2.24) is 0 Å². The van der Waals surface area contributed by atoms with Crippen LogP contribution in [0, 0.1) is 29.1 Å². The monoisotopic (exact) mass is 554 g/mol. The van der Waals surface area contributed by atoms with Gasteiger partial charge in [-0.05, 0) is 36.3 Å². The summed E-state index contributed by atoms with van der Waals surface area (Å²) >= 11 is 7.26. The topological polar surface area (TPSA) is 118 Å². The number of halogens is 1. The molecule has 4 rings (SSSR count). The van der Waals surface area contributed by atoms with Crippen LogP contribution in [0.2, 0.25) is 0 Å². The van der Waals surface area contributed by atoms with E-state index in [9.17, 15) is 19.2 Å². The number of epoxide rings is 1. The van der Waals surface area contributed by atoms with E-state index in [0.717, 1.165) is 0 Å². The van der Waals surface area contributed by atoms with Crippen molar-refractivity contribution in [3.8, 4) is 0 Å². The first-order valence-corrected chi connectivity index (χ1v) is 13.7. The fourth-order valence-electron chi connectivity index (χ4n) is 7.58. The van der Waals surface area contributed by atoms with Gasteiger partial charge in [-0.1, -0.05) is 27.7 Å². The summed E-state index contributed by atoms with van der Waals surface area (Å²) in [4.78, 5) is 49.0. The highest BCUT2D eigenvalue weighted by Crippen LogP contribution is 2.70. The van der Waals surface area contributed by atoms with E-state index < -0.39 is 70.3 Å². The highest BCUT2D eigenvalue weighted by atomic mass is 35.5. The van der Waals surface area contributed by atoms with Crippen LogP contribution < -0.4 is 0 Å². The maximum atomic E-state index is 12.3. The van der Waals surface area contributed by atoms with Crippen LogP contribution in [0.15, 0.2) is 11.6 Å². The number of fused-ring (bicyclic) bond motifs is 1. The molecule has 0 aromatic heterocycles. The van der Waals surface area contributed by atoms with Crippen LogP contribution in [0.5, 0.6) is 0 Å². The quantitative estimate of drug-likeness (QED) is 0.168. The summed E-state index contributed by atoms with van der Waals surface area (Å²) in [5.41, 5.74) is -1.80. The molecule has 212 valence electrons. The van der Waals surface area contributed by atoms with E-state index in [4.69, 9.17) is 35.3 Å². The predicted molar refractivity (Wildman–Crippen MR) is 136 cm³/mol. The summed E-state index contributed by atoms with van der Waals surface area (Å²) in [5, 5.41) is -0.603. The molecule has 0 N–H and O–H groups in total. The Kier molecular flexibility index (Phi) is 7.22. The third-order valence-corrected chi connectivity index (χ3v) is 9.79. The lowest BCUT2D eigenvalue weighted by molar-refractivity contribution is -0.166. The average molecular weight is 555 g/mol. The molecule has 2 saturated carbocycles. The average Bonchev–Trinajstić information content (AvgIpc) is 3.56. The Hall–Kier alpha value is -2.13. The highest BCUT2D eigenvalue weighted by Gasteiger charge is 2.83. The Morgan fingerprint density at radius 1 is 0.868 bits per heavy atom. The van der Waals surface area contributed by atoms with E-state index in [-0.39, 0.29) is 23.7 Å². The maximum Gasteiger partial charge on any atom is 0.303 e. The first kappa shape index (κ1) is 28.9. The van der Waals surface area contributed by atoms with E-state index in [0.29, 0.717) is 12.0 Å². The second-order valence-electron chi connectivity index (χ2n) is 12.2. The van der Waals surface area contributed by atoms with Crippen LogP contribution in [0.3, 0.4) is 0 Å². The molecule has 38 heavy (non-hydrogen) atoms. The van der Waals surface area contributed by atoms with Crippen LogP contribution in [0.4, 0.5) is 0 Å². The lowest BCUT2D eigenvalue weighted by atomic mass is 9.81. The fraction of sp³-hybridized carbons (Fsp3) is 0.786. The van der Waals surface area contributed by atoms with Gasteiger partial charge in [0.1, 0.15) is 23.9 Å². The van der Waals surface area contributed by atoms with Gasteiger partial charge in [0.2, 0.25) is 0 Å². The largest absolute Gasteiger partial charge is 0.462 e. The molecular formula is C28H39ClO9. The van der Waals surface area contributed by atoms with Crippen molar-refractivity contribution in [1.29, 1.82) is 0 Å². The van der Waals surface area contributed by atoms with E-state index in [2.05, 4.69) is 0 Å². The summed E-state index contributed by atoms with van der Waals surface area (Å²) in [6, 6.07) is 0. The molecule has 11 atom stereocenters. The Bertz CT molecular complexity index is 1070. The normalized spacial score (nSPS) is 44.6. The zero-order valence-electron chi connectivity index (χ0n) is 23.5. The molecule has 10 heteroatoms. The number of alkyl halides is 1. The van der Waals surface area contributed by atoms with Crippen LogP contribution >= 0.6 is 11.6 Å². The van der Waals surface area contributed by atoms with Gasteiger partial charge in [0.05, 0.1) is 5.38 Å². The lowest BCUT2D eigenvalue weighted by Gasteiger charge is -2.32. The fourth-order valence-corrected chi connectivity index (χ4v) is 8.03. The molecule has 1 saturated heterocycles. The van der Waals surface area contributed by atoms with Crippen LogP contribution in [0.1, 0.15) is 68.7 Å². The lowest BCUT2D eigenvalue weighted by Crippen LogP contribution is -2.44. The van der Waals surface area contributed by atoms with E-state index in [1.54, 1.807) is 6.92 Å². The van der Waals surface area contributed by atoms with Crippen molar-refractivity contribution >= 4 is 35.5 Å². The Morgan fingerprint density at radius 2 is 1.37 bits per heavy atom. The zero-order valence-corrected chi connectivity index (χ0v) is 24.3. The molecule has 1 heterocycles. The molecule has 0 aromatic rings. The van der Waals surface area contributed by atoms with Gasteiger partial charge < -0.3 is 23.7 Å². The number of carbonyl (C=O) groups excluding carboxylic acids is 4. The standard InChI is InChI=1S/C28H39ClO9/c1-12-10-28-25(37-18(7)33)13(2)11-27(28,38-28)24(29)14(3)22(35-16(5)31)19-20(26(19,8)9)23(36-17(6)32)21(12)34-15(4)30/h10,13-14,19-25H,11H2,1-9H3. The van der Waals surface area contributed by atoms with Crippen LogP contribution in [-0.2, 0) is 42.9 Å². The van der Waals surface area contributed by atoms with Crippen molar-refractivity contribution < 1.29 is 42.9 Å². The van der Waals surface area contributed by atoms with Crippen molar-refractivity contribution in [3.63, 3.8) is 0 Å². The summed E-state index contributed by atoms with van der Waals surface area (Å²) < 4.78 is 29.9.